The van der Waals surface area contributed by atoms with Gasteiger partial charge in [-0.15, -0.1) is 11.8 Å². The summed E-state index contributed by atoms with van der Waals surface area (Å²) in [7, 11) is 0. The predicted molar refractivity (Wildman–Crippen MR) is 59.3 cm³/mol. The molecular formula is C11H13FO2S. The van der Waals surface area contributed by atoms with Crippen LogP contribution >= 0.6 is 11.8 Å². The molecule has 1 rings (SSSR count). The SMILES string of the molecule is CSc1cc(C=O)cc(OC(C)C)c1F. The lowest BCUT2D eigenvalue weighted by molar-refractivity contribution is 0.112. The Hall–Kier alpha value is -1.03. The standard InChI is InChI=1S/C11H13FO2S/c1-7(2)14-9-4-8(6-13)5-10(15-3)11(9)12/h4-7H,1-3H3. The van der Waals surface area contributed by atoms with Crippen molar-refractivity contribution in [2.45, 2.75) is 24.8 Å². The highest BCUT2D eigenvalue weighted by atomic mass is 32.2. The Labute approximate surface area is 92.8 Å². The summed E-state index contributed by atoms with van der Waals surface area (Å²) in [6.45, 7) is 3.62. The summed E-state index contributed by atoms with van der Waals surface area (Å²) in [4.78, 5) is 11.1. The molecule has 82 valence electrons. The van der Waals surface area contributed by atoms with Crippen molar-refractivity contribution in [1.29, 1.82) is 0 Å². The summed E-state index contributed by atoms with van der Waals surface area (Å²) in [5, 5.41) is 0. The number of thioether (sulfide) groups is 1. The van der Waals surface area contributed by atoms with Gasteiger partial charge < -0.3 is 4.74 Å². The lowest BCUT2D eigenvalue weighted by Crippen LogP contribution is -2.07. The number of aldehydes is 1. The van der Waals surface area contributed by atoms with Gasteiger partial charge in [0.25, 0.3) is 0 Å². The molecule has 0 aliphatic heterocycles. The molecule has 1 aromatic rings. The molecule has 0 bridgehead atoms. The second-order valence-corrected chi connectivity index (χ2v) is 4.17. The Morgan fingerprint density at radius 1 is 1.47 bits per heavy atom. The Morgan fingerprint density at radius 2 is 2.13 bits per heavy atom. The number of rotatable bonds is 4. The van der Waals surface area contributed by atoms with Gasteiger partial charge >= 0.3 is 0 Å². The molecule has 0 aliphatic rings. The van der Waals surface area contributed by atoms with Crippen molar-refractivity contribution in [1.82, 2.24) is 0 Å². The van der Waals surface area contributed by atoms with Gasteiger partial charge in [0, 0.05) is 10.5 Å². The lowest BCUT2D eigenvalue weighted by atomic mass is 10.2. The molecule has 0 saturated heterocycles. The second kappa shape index (κ2) is 5.16. The fraction of sp³-hybridized carbons (Fsp3) is 0.364. The van der Waals surface area contributed by atoms with E-state index in [2.05, 4.69) is 0 Å². The largest absolute Gasteiger partial charge is 0.488 e. The third-order valence-corrected chi connectivity index (χ3v) is 2.48. The van der Waals surface area contributed by atoms with Crippen LogP contribution in [0.5, 0.6) is 5.75 Å². The van der Waals surface area contributed by atoms with Crippen molar-refractivity contribution in [2.24, 2.45) is 0 Å². The maximum Gasteiger partial charge on any atom is 0.178 e. The quantitative estimate of drug-likeness (QED) is 0.585. The van der Waals surface area contributed by atoms with Crippen LogP contribution < -0.4 is 4.74 Å². The number of ether oxygens (including phenoxy) is 1. The highest BCUT2D eigenvalue weighted by Crippen LogP contribution is 2.29. The molecule has 0 atom stereocenters. The van der Waals surface area contributed by atoms with Crippen LogP contribution in [0.1, 0.15) is 24.2 Å². The van der Waals surface area contributed by atoms with E-state index in [0.29, 0.717) is 16.7 Å². The van der Waals surface area contributed by atoms with Crippen LogP contribution in [0.4, 0.5) is 4.39 Å². The van der Waals surface area contributed by atoms with Gasteiger partial charge in [0.2, 0.25) is 0 Å². The molecule has 0 spiro atoms. The minimum Gasteiger partial charge on any atom is -0.488 e. The van der Waals surface area contributed by atoms with E-state index in [1.54, 1.807) is 6.26 Å². The molecule has 4 heteroatoms. The first-order chi connectivity index (χ1) is 7.08. The number of benzene rings is 1. The Bertz CT molecular complexity index is 364. The predicted octanol–water partition coefficient (Wildman–Crippen LogP) is 3.15. The number of carbonyl (C=O) groups is 1. The minimum atomic E-state index is -0.401. The maximum absolute atomic E-state index is 13.7. The molecule has 0 aromatic heterocycles. The third kappa shape index (κ3) is 2.96. The zero-order valence-electron chi connectivity index (χ0n) is 8.91. The Balaban J connectivity index is 3.17. The van der Waals surface area contributed by atoms with Crippen molar-refractivity contribution in [3.8, 4) is 5.75 Å². The first-order valence-electron chi connectivity index (χ1n) is 4.57. The molecule has 15 heavy (non-hydrogen) atoms. The highest BCUT2D eigenvalue weighted by molar-refractivity contribution is 7.98. The van der Waals surface area contributed by atoms with Gasteiger partial charge in [0.15, 0.2) is 11.6 Å². The molecule has 2 nitrogen and oxygen atoms in total. The van der Waals surface area contributed by atoms with Gasteiger partial charge in [-0.05, 0) is 32.2 Å². The van der Waals surface area contributed by atoms with E-state index in [1.807, 2.05) is 13.8 Å². The summed E-state index contributed by atoms with van der Waals surface area (Å²) >= 11 is 1.25. The second-order valence-electron chi connectivity index (χ2n) is 3.32. The first kappa shape index (κ1) is 12.0. The molecule has 0 heterocycles. The first-order valence-corrected chi connectivity index (χ1v) is 5.80. The molecule has 0 aliphatic carbocycles. The smallest absolute Gasteiger partial charge is 0.178 e. The van der Waals surface area contributed by atoms with E-state index in [1.165, 1.54) is 23.9 Å². The fourth-order valence-corrected chi connectivity index (χ4v) is 1.68. The van der Waals surface area contributed by atoms with Crippen LogP contribution in [0.2, 0.25) is 0 Å². The fourth-order valence-electron chi connectivity index (χ4n) is 1.15. The number of hydrogen-bond donors (Lipinski definition) is 0. The molecule has 0 unspecified atom stereocenters. The van der Waals surface area contributed by atoms with Crippen LogP contribution in [0.3, 0.4) is 0 Å². The molecule has 1 aromatic carbocycles. The van der Waals surface area contributed by atoms with E-state index in [9.17, 15) is 9.18 Å². The molecular weight excluding hydrogens is 215 g/mol. The van der Waals surface area contributed by atoms with E-state index < -0.39 is 5.82 Å². The average molecular weight is 228 g/mol. The maximum atomic E-state index is 13.7. The normalized spacial score (nSPS) is 10.5. The van der Waals surface area contributed by atoms with Crippen molar-refractivity contribution < 1.29 is 13.9 Å². The molecule has 0 N–H and O–H groups in total. The highest BCUT2D eigenvalue weighted by Gasteiger charge is 2.12. The molecule has 0 fully saturated rings. The Morgan fingerprint density at radius 3 is 2.60 bits per heavy atom. The zero-order valence-corrected chi connectivity index (χ0v) is 9.73. The zero-order chi connectivity index (χ0) is 11.4. The van der Waals surface area contributed by atoms with Crippen molar-refractivity contribution >= 4 is 18.0 Å². The van der Waals surface area contributed by atoms with Gasteiger partial charge in [0.1, 0.15) is 6.29 Å². The monoisotopic (exact) mass is 228 g/mol. The van der Waals surface area contributed by atoms with Gasteiger partial charge in [0.05, 0.1) is 6.10 Å². The van der Waals surface area contributed by atoms with Crippen LogP contribution in [0.15, 0.2) is 17.0 Å². The van der Waals surface area contributed by atoms with Gasteiger partial charge in [-0.25, -0.2) is 4.39 Å². The summed E-state index contributed by atoms with van der Waals surface area (Å²) in [5.41, 5.74) is 0.427. The van der Waals surface area contributed by atoms with Crippen molar-refractivity contribution in [3.63, 3.8) is 0 Å². The molecule has 0 amide bonds. The summed E-state index contributed by atoms with van der Waals surface area (Å²) in [6.07, 6.45) is 2.33. The van der Waals surface area contributed by atoms with Crippen LogP contribution in [-0.2, 0) is 0 Å². The van der Waals surface area contributed by atoms with E-state index in [4.69, 9.17) is 4.74 Å². The summed E-state index contributed by atoms with van der Waals surface area (Å²) < 4.78 is 19.0. The lowest BCUT2D eigenvalue weighted by Gasteiger charge is -2.12. The van der Waals surface area contributed by atoms with Gasteiger partial charge in [-0.2, -0.15) is 0 Å². The average Bonchev–Trinajstić information content (AvgIpc) is 2.20. The van der Waals surface area contributed by atoms with Crippen LogP contribution in [0, 0.1) is 5.82 Å². The third-order valence-electron chi connectivity index (χ3n) is 1.75. The summed E-state index contributed by atoms with van der Waals surface area (Å²) in [5.74, 6) is -0.263. The van der Waals surface area contributed by atoms with Crippen LogP contribution in [0.25, 0.3) is 0 Å². The van der Waals surface area contributed by atoms with E-state index in [0.717, 1.165) is 0 Å². The van der Waals surface area contributed by atoms with Crippen molar-refractivity contribution in [3.05, 3.63) is 23.5 Å². The number of halogens is 1. The number of hydrogen-bond acceptors (Lipinski definition) is 3. The molecule has 0 saturated carbocycles. The summed E-state index contributed by atoms with van der Waals surface area (Å²) in [6, 6.07) is 2.93. The topological polar surface area (TPSA) is 26.3 Å². The van der Waals surface area contributed by atoms with Crippen molar-refractivity contribution in [2.75, 3.05) is 6.26 Å². The number of carbonyl (C=O) groups excluding carboxylic acids is 1. The van der Waals surface area contributed by atoms with Gasteiger partial charge in [-0.3, -0.25) is 4.79 Å². The minimum absolute atomic E-state index is 0.115. The van der Waals surface area contributed by atoms with Gasteiger partial charge in [-0.1, -0.05) is 0 Å². The molecule has 0 radical (unpaired) electrons. The van der Waals surface area contributed by atoms with Crippen LogP contribution in [-0.4, -0.2) is 18.6 Å². The van der Waals surface area contributed by atoms with E-state index >= 15 is 0 Å². The van der Waals surface area contributed by atoms with E-state index in [-0.39, 0.29) is 11.9 Å². The Kier molecular flexibility index (Phi) is 4.15.